The van der Waals surface area contributed by atoms with Crippen LogP contribution in [0.4, 0.5) is 13.2 Å². The largest absolute Gasteiger partial charge is 0.508 e. The highest BCUT2D eigenvalue weighted by molar-refractivity contribution is 5.94. The Morgan fingerprint density at radius 2 is 1.98 bits per heavy atom. The molecule has 1 aromatic heterocycles. The van der Waals surface area contributed by atoms with Crippen LogP contribution in [0.5, 0.6) is 5.75 Å². The number of fused-ring (bicyclic) bond motifs is 1. The summed E-state index contributed by atoms with van der Waals surface area (Å²) in [6, 6.07) is 9.18. The number of nitrogens with zero attached hydrogens (tertiary/aromatic N) is 2. The van der Waals surface area contributed by atoms with Gasteiger partial charge in [-0.15, -0.1) is 0 Å². The summed E-state index contributed by atoms with van der Waals surface area (Å²) in [5, 5.41) is 17.2. The van der Waals surface area contributed by atoms with Gasteiger partial charge in [-0.2, -0.15) is 5.10 Å². The van der Waals surface area contributed by atoms with E-state index in [1.54, 1.807) is 24.3 Å². The maximum atomic E-state index is 15.2. The van der Waals surface area contributed by atoms with Crippen molar-refractivity contribution in [3.63, 3.8) is 0 Å². The number of benzene rings is 2. The number of rotatable bonds is 11. The number of aromatic nitrogens is 2. The van der Waals surface area contributed by atoms with E-state index in [1.807, 2.05) is 13.0 Å². The molecule has 1 amide bonds. The molecule has 0 aliphatic heterocycles. The minimum absolute atomic E-state index is 0.0142. The number of amides is 1. The fourth-order valence-electron chi connectivity index (χ4n) is 5.44. The molecule has 0 radical (unpaired) electrons. The van der Waals surface area contributed by atoms with Crippen molar-refractivity contribution in [2.45, 2.75) is 57.4 Å². The molecule has 0 saturated carbocycles. The molecule has 0 bridgehead atoms. The maximum absolute atomic E-state index is 15.2. The van der Waals surface area contributed by atoms with Crippen molar-refractivity contribution < 1.29 is 27.8 Å². The average Bonchev–Trinajstić information content (AvgIpc) is 3.24. The van der Waals surface area contributed by atoms with Crippen LogP contribution in [0.2, 0.25) is 0 Å². The summed E-state index contributed by atoms with van der Waals surface area (Å²) in [5.41, 5.74) is 3.00. The number of hydrogen-bond donors (Lipinski definition) is 2. The number of carbonyl (C=O) groups excluding carboxylic acids is 1. The Morgan fingerprint density at radius 3 is 2.63 bits per heavy atom. The van der Waals surface area contributed by atoms with Crippen molar-refractivity contribution in [2.75, 3.05) is 7.11 Å². The summed E-state index contributed by atoms with van der Waals surface area (Å²) in [6.07, 6.45) is 7.93. The Bertz CT molecular complexity index is 1560. The number of phenols is 1. The molecular weight excluding hydrogens is 555 g/mol. The molecular formula is C34H36F3N3O3. The predicted octanol–water partition coefficient (Wildman–Crippen LogP) is 7.54. The zero-order chi connectivity index (χ0) is 31.1. The third-order valence-corrected chi connectivity index (χ3v) is 7.70. The molecule has 1 aliphatic rings. The van der Waals surface area contributed by atoms with Gasteiger partial charge in [0, 0.05) is 17.5 Å². The molecule has 1 aliphatic carbocycles. The molecule has 9 heteroatoms. The lowest BCUT2D eigenvalue weighted by molar-refractivity contribution is 0.0922. The minimum atomic E-state index is -0.818. The first-order valence-electron chi connectivity index (χ1n) is 14.2. The Hall–Kier alpha value is -4.53. The third-order valence-electron chi connectivity index (χ3n) is 7.70. The van der Waals surface area contributed by atoms with E-state index >= 15 is 4.39 Å². The summed E-state index contributed by atoms with van der Waals surface area (Å²) in [7, 11) is 1.46. The van der Waals surface area contributed by atoms with Crippen molar-refractivity contribution in [1.29, 1.82) is 0 Å². The smallest absolute Gasteiger partial charge is 0.272 e. The maximum Gasteiger partial charge on any atom is 0.272 e. The molecule has 6 nitrogen and oxygen atoms in total. The van der Waals surface area contributed by atoms with Crippen LogP contribution in [-0.4, -0.2) is 33.9 Å². The van der Waals surface area contributed by atoms with Crippen molar-refractivity contribution in [3.05, 3.63) is 125 Å². The number of aromatic hydroxyl groups is 1. The van der Waals surface area contributed by atoms with Crippen molar-refractivity contribution in [3.8, 4) is 11.4 Å². The van der Waals surface area contributed by atoms with E-state index in [-0.39, 0.29) is 23.0 Å². The molecule has 1 unspecified atom stereocenters. The van der Waals surface area contributed by atoms with Crippen LogP contribution in [0.25, 0.3) is 5.69 Å². The third kappa shape index (κ3) is 7.46. The van der Waals surface area contributed by atoms with Crippen LogP contribution in [0, 0.1) is 11.6 Å². The second-order valence-electron chi connectivity index (χ2n) is 10.5. The van der Waals surface area contributed by atoms with Crippen LogP contribution in [0.15, 0.2) is 91.0 Å². The minimum Gasteiger partial charge on any atom is -0.508 e. The molecule has 2 atom stereocenters. The molecule has 1 heterocycles. The number of ether oxygens (including phenoxy) is 1. The SMILES string of the molecule is C=C/C(F)=C\C(=C/C)CC1CCCCc2c(C(=O)N[C@H](Cc3ccc(O)cc3)C(=C)OC)nn(-c3ccc(F)cc3F)c21. The number of hydrogen-bond acceptors (Lipinski definition) is 4. The Balaban J connectivity index is 1.79. The van der Waals surface area contributed by atoms with Gasteiger partial charge in [-0.25, -0.2) is 17.9 Å². The topological polar surface area (TPSA) is 76.4 Å². The average molecular weight is 592 g/mol. The Morgan fingerprint density at radius 1 is 1.23 bits per heavy atom. The van der Waals surface area contributed by atoms with Gasteiger partial charge in [-0.1, -0.05) is 37.8 Å². The van der Waals surface area contributed by atoms with Gasteiger partial charge in [0.05, 0.1) is 18.8 Å². The first-order chi connectivity index (χ1) is 20.6. The van der Waals surface area contributed by atoms with Crippen LogP contribution < -0.4 is 5.32 Å². The summed E-state index contributed by atoms with van der Waals surface area (Å²) >= 11 is 0. The monoisotopic (exact) mass is 591 g/mol. The van der Waals surface area contributed by atoms with Gasteiger partial charge < -0.3 is 15.2 Å². The normalized spacial score (nSPS) is 16.2. The van der Waals surface area contributed by atoms with E-state index in [4.69, 9.17) is 4.74 Å². The van der Waals surface area contributed by atoms with E-state index in [2.05, 4.69) is 23.6 Å². The number of nitrogens with one attached hydrogen (secondary N) is 1. The molecule has 226 valence electrons. The number of allylic oxidation sites excluding steroid dienone is 5. The Labute approximate surface area is 249 Å². The van der Waals surface area contributed by atoms with Crippen LogP contribution in [0.1, 0.15) is 65.8 Å². The first kappa shape index (κ1) is 31.4. The van der Waals surface area contributed by atoms with Gasteiger partial charge in [-0.3, -0.25) is 4.79 Å². The highest BCUT2D eigenvalue weighted by Crippen LogP contribution is 2.39. The van der Waals surface area contributed by atoms with Gasteiger partial charge in [0.25, 0.3) is 5.91 Å². The fourth-order valence-corrected chi connectivity index (χ4v) is 5.44. The number of halogens is 3. The number of carbonyl (C=O) groups is 1. The summed E-state index contributed by atoms with van der Waals surface area (Å²) in [4.78, 5) is 13.9. The van der Waals surface area contributed by atoms with Gasteiger partial charge >= 0.3 is 0 Å². The van der Waals surface area contributed by atoms with E-state index in [1.165, 1.54) is 23.9 Å². The molecule has 2 N–H and O–H groups in total. The van der Waals surface area contributed by atoms with E-state index < -0.39 is 29.4 Å². The number of phenolic OH excluding ortho intramolecular Hbond substituents is 1. The summed E-state index contributed by atoms with van der Waals surface area (Å²) in [5.74, 6) is -2.30. The number of methoxy groups -OCH3 is 1. The van der Waals surface area contributed by atoms with Crippen molar-refractivity contribution in [2.24, 2.45) is 0 Å². The van der Waals surface area contributed by atoms with Gasteiger partial charge in [-0.05, 0) is 86.6 Å². The van der Waals surface area contributed by atoms with Crippen LogP contribution >= 0.6 is 0 Å². The van der Waals surface area contributed by atoms with Crippen LogP contribution in [-0.2, 0) is 17.6 Å². The van der Waals surface area contributed by atoms with Crippen molar-refractivity contribution >= 4 is 5.91 Å². The Kier molecular flexibility index (Phi) is 10.3. The molecule has 2 aromatic carbocycles. The van der Waals surface area contributed by atoms with E-state index in [0.29, 0.717) is 42.7 Å². The second kappa shape index (κ2) is 14.1. The summed E-state index contributed by atoms with van der Waals surface area (Å²) in [6.45, 7) is 9.24. The molecule has 0 fully saturated rings. The lowest BCUT2D eigenvalue weighted by atomic mass is 9.90. The standard InChI is InChI=1S/C34H36F3N3O3/c1-5-22(18-25(35)6-2)17-24-9-7-8-10-28-32(39-40(33(24)28)31-16-13-26(36)20-29(31)37)34(42)38-30(21(3)43-4)19-23-11-14-27(41)15-12-23/h5-6,11-16,18,20,24,30,41H,2-3,7-10,17,19H2,1,4H3,(H,38,42)/b22-5-,25-18+/t24?,30-/m1/s1. The zero-order valence-electron chi connectivity index (χ0n) is 24.4. The van der Waals surface area contributed by atoms with Gasteiger partial charge in [0.15, 0.2) is 11.5 Å². The van der Waals surface area contributed by atoms with Gasteiger partial charge in [0.2, 0.25) is 0 Å². The highest BCUT2D eigenvalue weighted by atomic mass is 19.1. The molecule has 43 heavy (non-hydrogen) atoms. The molecule has 0 saturated heterocycles. The van der Waals surface area contributed by atoms with E-state index in [0.717, 1.165) is 42.2 Å². The molecule has 3 aromatic rings. The molecule has 0 spiro atoms. The lowest BCUT2D eigenvalue weighted by Crippen LogP contribution is -2.38. The van der Waals surface area contributed by atoms with Crippen LogP contribution in [0.3, 0.4) is 0 Å². The van der Waals surface area contributed by atoms with Crippen molar-refractivity contribution in [1.82, 2.24) is 15.1 Å². The second-order valence-corrected chi connectivity index (χ2v) is 10.5. The first-order valence-corrected chi connectivity index (χ1v) is 14.2. The highest BCUT2D eigenvalue weighted by Gasteiger charge is 2.32. The summed E-state index contributed by atoms with van der Waals surface area (Å²) < 4.78 is 50.0. The fraction of sp³-hybridized carbons (Fsp3) is 0.294. The lowest BCUT2D eigenvalue weighted by Gasteiger charge is -2.20. The predicted molar refractivity (Wildman–Crippen MR) is 161 cm³/mol. The quantitative estimate of drug-likeness (QED) is 0.137. The van der Waals surface area contributed by atoms with Gasteiger partial charge in [0.1, 0.15) is 28.8 Å². The zero-order valence-corrected chi connectivity index (χ0v) is 24.4. The van der Waals surface area contributed by atoms with E-state index in [9.17, 15) is 18.7 Å². The molecule has 4 rings (SSSR count).